The number of Topliss-reactive ketones (excluding diaryl/α,β-unsaturated/α-hetero) is 1. The van der Waals surface area contributed by atoms with E-state index in [1.165, 1.54) is 6.08 Å². The number of hydrogen-bond acceptors (Lipinski definition) is 3. The number of ketones is 1. The third-order valence-electron chi connectivity index (χ3n) is 1.65. The van der Waals surface area contributed by atoms with Crippen molar-refractivity contribution in [1.29, 1.82) is 0 Å². The van der Waals surface area contributed by atoms with Gasteiger partial charge < -0.3 is 10.2 Å². The second-order valence-electron chi connectivity index (χ2n) is 2.53. The summed E-state index contributed by atoms with van der Waals surface area (Å²) in [5, 5.41) is 17.9. The Bertz CT molecular complexity index is 183. The van der Waals surface area contributed by atoms with E-state index >= 15 is 0 Å². The zero-order valence-corrected chi connectivity index (χ0v) is 5.74. The van der Waals surface area contributed by atoms with Crippen LogP contribution in [0.25, 0.3) is 0 Å². The molecule has 2 N–H and O–H groups in total. The van der Waals surface area contributed by atoms with Crippen LogP contribution in [-0.2, 0) is 4.79 Å². The van der Waals surface area contributed by atoms with Gasteiger partial charge in [0.15, 0.2) is 5.78 Å². The molecule has 1 aliphatic rings. The zero-order chi connectivity index (χ0) is 7.72. The maximum atomic E-state index is 10.8. The topological polar surface area (TPSA) is 57.5 Å². The summed E-state index contributed by atoms with van der Waals surface area (Å²) in [4.78, 5) is 10.8. The lowest BCUT2D eigenvalue weighted by molar-refractivity contribution is -0.119. The summed E-state index contributed by atoms with van der Waals surface area (Å²) >= 11 is 0. The number of carbonyl (C=O) groups is 1. The van der Waals surface area contributed by atoms with Gasteiger partial charge in [0.2, 0.25) is 0 Å². The smallest absolute Gasteiger partial charge is 0.161 e. The molecule has 1 rings (SSSR count). The molecule has 0 unspecified atom stereocenters. The molecule has 2 atom stereocenters. The summed E-state index contributed by atoms with van der Waals surface area (Å²) in [6, 6.07) is 0. The van der Waals surface area contributed by atoms with Crippen LogP contribution >= 0.6 is 0 Å². The second-order valence-corrected chi connectivity index (χ2v) is 2.53. The predicted molar refractivity (Wildman–Crippen MR) is 35.4 cm³/mol. The van der Waals surface area contributed by atoms with Gasteiger partial charge in [-0.25, -0.2) is 0 Å². The van der Waals surface area contributed by atoms with Crippen LogP contribution in [-0.4, -0.2) is 28.2 Å². The van der Waals surface area contributed by atoms with E-state index < -0.39 is 12.2 Å². The van der Waals surface area contributed by atoms with Crippen molar-refractivity contribution in [1.82, 2.24) is 0 Å². The van der Waals surface area contributed by atoms with E-state index in [9.17, 15) is 4.79 Å². The largest absolute Gasteiger partial charge is 0.390 e. The Morgan fingerprint density at radius 3 is 2.70 bits per heavy atom. The average Bonchev–Trinajstić information content (AvgIpc) is 1.84. The van der Waals surface area contributed by atoms with E-state index in [0.717, 1.165) is 0 Å². The van der Waals surface area contributed by atoms with E-state index in [-0.39, 0.29) is 12.2 Å². The fourth-order valence-corrected chi connectivity index (χ4v) is 0.932. The number of rotatable bonds is 0. The fourth-order valence-electron chi connectivity index (χ4n) is 0.932. The van der Waals surface area contributed by atoms with Crippen molar-refractivity contribution in [2.45, 2.75) is 25.6 Å². The Balaban J connectivity index is 2.79. The van der Waals surface area contributed by atoms with Crippen LogP contribution in [0, 0.1) is 0 Å². The number of hydrogen-bond donors (Lipinski definition) is 2. The lowest BCUT2D eigenvalue weighted by Gasteiger charge is -2.19. The van der Waals surface area contributed by atoms with Crippen molar-refractivity contribution >= 4 is 5.78 Å². The molecule has 3 heteroatoms. The molecule has 0 spiro atoms. The molecule has 0 aromatic rings. The van der Waals surface area contributed by atoms with Gasteiger partial charge >= 0.3 is 0 Å². The Morgan fingerprint density at radius 2 is 2.20 bits per heavy atom. The van der Waals surface area contributed by atoms with Crippen LogP contribution in [0.4, 0.5) is 0 Å². The van der Waals surface area contributed by atoms with Crippen LogP contribution < -0.4 is 0 Å². The highest BCUT2D eigenvalue weighted by atomic mass is 16.3. The van der Waals surface area contributed by atoms with Crippen LogP contribution in [0.15, 0.2) is 11.6 Å². The zero-order valence-electron chi connectivity index (χ0n) is 5.74. The standard InChI is InChI=1S/C7H10O3/c1-4-2-6(9)7(10)3-5(4)8/h2,6-7,9-10H,3H2,1H3/t6-,7-/m0/s1. The lowest BCUT2D eigenvalue weighted by atomic mass is 9.95. The first kappa shape index (κ1) is 7.44. The molecule has 0 amide bonds. The third-order valence-corrected chi connectivity index (χ3v) is 1.65. The summed E-state index contributed by atoms with van der Waals surface area (Å²) < 4.78 is 0. The number of allylic oxidation sites excluding steroid dienone is 1. The highest BCUT2D eigenvalue weighted by molar-refractivity contribution is 5.96. The number of carbonyl (C=O) groups excluding carboxylic acids is 1. The van der Waals surface area contributed by atoms with Gasteiger partial charge in [0, 0.05) is 6.42 Å². The first-order valence-electron chi connectivity index (χ1n) is 3.19. The molecule has 0 aromatic heterocycles. The van der Waals surface area contributed by atoms with Crippen molar-refractivity contribution in [3.05, 3.63) is 11.6 Å². The lowest BCUT2D eigenvalue weighted by Crippen LogP contribution is -2.31. The highest BCUT2D eigenvalue weighted by Gasteiger charge is 2.24. The van der Waals surface area contributed by atoms with Crippen molar-refractivity contribution in [3.8, 4) is 0 Å². The van der Waals surface area contributed by atoms with Crippen molar-refractivity contribution in [2.24, 2.45) is 0 Å². The van der Waals surface area contributed by atoms with Crippen molar-refractivity contribution in [2.75, 3.05) is 0 Å². The maximum absolute atomic E-state index is 10.8. The molecular weight excluding hydrogens is 132 g/mol. The summed E-state index contributed by atoms with van der Waals surface area (Å²) in [5.74, 6) is -0.0854. The van der Waals surface area contributed by atoms with Crippen LogP contribution in [0.3, 0.4) is 0 Å². The third kappa shape index (κ3) is 1.25. The van der Waals surface area contributed by atoms with Gasteiger partial charge in [-0.15, -0.1) is 0 Å². The van der Waals surface area contributed by atoms with Crippen LogP contribution in [0.2, 0.25) is 0 Å². The molecule has 0 radical (unpaired) electrons. The molecule has 0 aromatic carbocycles. The Kier molecular flexibility index (Phi) is 1.87. The molecular formula is C7H10O3. The highest BCUT2D eigenvalue weighted by Crippen LogP contribution is 2.14. The van der Waals surface area contributed by atoms with Crippen LogP contribution in [0.1, 0.15) is 13.3 Å². The minimum absolute atomic E-state index is 0.0451. The number of aliphatic hydroxyl groups is 2. The summed E-state index contributed by atoms with van der Waals surface area (Å²) in [5.41, 5.74) is 0.540. The van der Waals surface area contributed by atoms with E-state index in [4.69, 9.17) is 10.2 Å². The first-order chi connectivity index (χ1) is 4.61. The summed E-state index contributed by atoms with van der Waals surface area (Å²) in [6.45, 7) is 1.64. The molecule has 3 nitrogen and oxygen atoms in total. The quantitative estimate of drug-likeness (QED) is 0.485. The van der Waals surface area contributed by atoms with Gasteiger partial charge in [0.1, 0.15) is 0 Å². The Labute approximate surface area is 59.0 Å². The SMILES string of the molecule is CC1=C[C@H](O)[C@@H](O)CC1=O. The minimum Gasteiger partial charge on any atom is -0.390 e. The van der Waals surface area contributed by atoms with Gasteiger partial charge in [-0.3, -0.25) is 4.79 Å². The van der Waals surface area contributed by atoms with Gasteiger partial charge in [0.25, 0.3) is 0 Å². The fraction of sp³-hybridized carbons (Fsp3) is 0.571. The van der Waals surface area contributed by atoms with Gasteiger partial charge in [0.05, 0.1) is 12.2 Å². The molecule has 0 fully saturated rings. The van der Waals surface area contributed by atoms with Gasteiger partial charge in [-0.1, -0.05) is 0 Å². The van der Waals surface area contributed by atoms with E-state index in [2.05, 4.69) is 0 Å². The Hall–Kier alpha value is -0.670. The average molecular weight is 142 g/mol. The molecule has 0 aliphatic heterocycles. The number of aliphatic hydroxyl groups excluding tert-OH is 2. The minimum atomic E-state index is -0.906. The molecule has 0 saturated carbocycles. The van der Waals surface area contributed by atoms with E-state index in [1.54, 1.807) is 6.92 Å². The van der Waals surface area contributed by atoms with Gasteiger partial charge in [-0.2, -0.15) is 0 Å². The van der Waals surface area contributed by atoms with E-state index in [0.29, 0.717) is 5.57 Å². The van der Waals surface area contributed by atoms with Crippen molar-refractivity contribution in [3.63, 3.8) is 0 Å². The van der Waals surface area contributed by atoms with E-state index in [1.807, 2.05) is 0 Å². The van der Waals surface area contributed by atoms with Crippen molar-refractivity contribution < 1.29 is 15.0 Å². The first-order valence-corrected chi connectivity index (χ1v) is 3.19. The molecule has 1 aliphatic carbocycles. The van der Waals surface area contributed by atoms with Crippen LogP contribution in [0.5, 0.6) is 0 Å². The van der Waals surface area contributed by atoms with Gasteiger partial charge in [-0.05, 0) is 18.6 Å². The molecule has 0 saturated heterocycles. The predicted octanol–water partition coefficient (Wildman–Crippen LogP) is -0.373. The molecule has 10 heavy (non-hydrogen) atoms. The summed E-state index contributed by atoms with van der Waals surface area (Å²) in [6.07, 6.45) is -0.339. The molecule has 0 bridgehead atoms. The Morgan fingerprint density at radius 1 is 1.60 bits per heavy atom. The normalized spacial score (nSPS) is 33.9. The monoisotopic (exact) mass is 142 g/mol. The molecule has 56 valence electrons. The maximum Gasteiger partial charge on any atom is 0.161 e. The molecule has 0 heterocycles. The summed E-state index contributed by atoms with van der Waals surface area (Å²) in [7, 11) is 0. The second kappa shape index (κ2) is 2.52.